The van der Waals surface area contributed by atoms with Crippen LogP contribution in [0.2, 0.25) is 0 Å². The van der Waals surface area contributed by atoms with Gasteiger partial charge in [-0.05, 0) is 67.3 Å². The zero-order valence-electron chi connectivity index (χ0n) is 17.9. The Morgan fingerprint density at radius 2 is 2.03 bits per heavy atom. The molecule has 0 aliphatic carbocycles. The van der Waals surface area contributed by atoms with Crippen LogP contribution in [0.15, 0.2) is 54.6 Å². The summed E-state index contributed by atoms with van der Waals surface area (Å²) in [5.41, 5.74) is 3.11. The lowest BCUT2D eigenvalue weighted by molar-refractivity contribution is -0.123. The average Bonchev–Trinajstić information content (AvgIpc) is 3.28. The lowest BCUT2D eigenvalue weighted by atomic mass is 10.1. The molecule has 0 bridgehead atoms. The van der Waals surface area contributed by atoms with E-state index < -0.39 is 0 Å². The van der Waals surface area contributed by atoms with Crippen LogP contribution in [0.3, 0.4) is 0 Å². The number of nitrogens with zero attached hydrogens (tertiary/aromatic N) is 2. The van der Waals surface area contributed by atoms with Crippen LogP contribution >= 0.6 is 0 Å². The second-order valence-electron chi connectivity index (χ2n) is 7.83. The van der Waals surface area contributed by atoms with E-state index >= 15 is 0 Å². The number of carbonyl (C=O) groups excluding carboxylic acids is 1. The third-order valence-electron chi connectivity index (χ3n) is 5.44. The van der Waals surface area contributed by atoms with E-state index in [1.54, 1.807) is 7.11 Å². The number of carbonyl (C=O) groups is 1. The summed E-state index contributed by atoms with van der Waals surface area (Å²) in [6, 6.07) is 17.7. The van der Waals surface area contributed by atoms with Gasteiger partial charge in [0, 0.05) is 25.2 Å². The summed E-state index contributed by atoms with van der Waals surface area (Å²) in [7, 11) is 1.66. The number of benzene rings is 2. The Hall–Kier alpha value is -3.48. The summed E-state index contributed by atoms with van der Waals surface area (Å²) in [6.45, 7) is 3.66. The van der Waals surface area contributed by atoms with Crippen LogP contribution in [-0.2, 0) is 4.79 Å². The molecule has 1 saturated heterocycles. The standard InChI is InChI=1S/C24H28N4O3/c1-17-5-3-7-21(13-17)31-16-24(29)25-19-6-4-12-28(15-19)23-14-22(26-27-23)18-8-10-20(30-2)11-9-18/h3,5,7-11,13-14,19H,4,6,12,15-16H2,1-2H3,(H,25,29)(H,26,27). The number of hydrogen-bond acceptors (Lipinski definition) is 5. The van der Waals surface area contributed by atoms with Gasteiger partial charge in [-0.25, -0.2) is 0 Å². The van der Waals surface area contributed by atoms with Crippen molar-refractivity contribution in [1.29, 1.82) is 0 Å². The van der Waals surface area contributed by atoms with E-state index in [1.165, 1.54) is 0 Å². The summed E-state index contributed by atoms with van der Waals surface area (Å²) in [4.78, 5) is 14.6. The number of amides is 1. The molecule has 1 fully saturated rings. The fourth-order valence-electron chi connectivity index (χ4n) is 3.82. The summed E-state index contributed by atoms with van der Waals surface area (Å²) in [6.07, 6.45) is 1.94. The molecule has 3 aromatic rings. The molecular formula is C24H28N4O3. The lowest BCUT2D eigenvalue weighted by Gasteiger charge is -2.33. The zero-order chi connectivity index (χ0) is 21.6. The largest absolute Gasteiger partial charge is 0.497 e. The number of H-pyrrole nitrogens is 1. The Morgan fingerprint density at radius 1 is 1.19 bits per heavy atom. The number of nitrogens with one attached hydrogen (secondary N) is 2. The summed E-state index contributed by atoms with van der Waals surface area (Å²) >= 11 is 0. The fourth-order valence-corrected chi connectivity index (χ4v) is 3.82. The molecule has 162 valence electrons. The van der Waals surface area contributed by atoms with E-state index in [2.05, 4.69) is 20.4 Å². The molecule has 1 aliphatic rings. The minimum atomic E-state index is -0.102. The first-order valence-corrected chi connectivity index (χ1v) is 10.5. The first-order valence-electron chi connectivity index (χ1n) is 10.5. The molecule has 7 heteroatoms. The van der Waals surface area contributed by atoms with Gasteiger partial charge in [0.25, 0.3) is 5.91 Å². The molecule has 1 aliphatic heterocycles. The minimum Gasteiger partial charge on any atom is -0.497 e. The SMILES string of the molecule is COc1ccc(-c2cc(N3CCCC(NC(=O)COc4cccc(C)c4)C3)n[nH]2)cc1. The van der Waals surface area contributed by atoms with Crippen molar-refractivity contribution in [2.45, 2.75) is 25.8 Å². The number of methoxy groups -OCH3 is 1. The van der Waals surface area contributed by atoms with Crippen LogP contribution in [0.4, 0.5) is 5.82 Å². The third-order valence-corrected chi connectivity index (χ3v) is 5.44. The van der Waals surface area contributed by atoms with Gasteiger partial charge in [-0.15, -0.1) is 0 Å². The Labute approximate surface area is 182 Å². The molecule has 0 saturated carbocycles. The van der Waals surface area contributed by atoms with Crippen LogP contribution in [0.25, 0.3) is 11.3 Å². The van der Waals surface area contributed by atoms with E-state index in [0.29, 0.717) is 5.75 Å². The molecule has 2 aromatic carbocycles. The fraction of sp³-hybridized carbons (Fsp3) is 0.333. The highest BCUT2D eigenvalue weighted by Crippen LogP contribution is 2.25. The topological polar surface area (TPSA) is 79.5 Å². The van der Waals surface area contributed by atoms with E-state index in [9.17, 15) is 4.79 Å². The maximum absolute atomic E-state index is 12.4. The van der Waals surface area contributed by atoms with Crippen LogP contribution < -0.4 is 19.7 Å². The van der Waals surface area contributed by atoms with Gasteiger partial charge >= 0.3 is 0 Å². The van der Waals surface area contributed by atoms with Crippen molar-refractivity contribution in [3.8, 4) is 22.8 Å². The molecule has 2 N–H and O–H groups in total. The quantitative estimate of drug-likeness (QED) is 0.611. The van der Waals surface area contributed by atoms with Gasteiger partial charge in [-0.2, -0.15) is 5.10 Å². The second kappa shape index (κ2) is 9.55. The number of aromatic nitrogens is 2. The van der Waals surface area contributed by atoms with Gasteiger partial charge in [0.15, 0.2) is 12.4 Å². The van der Waals surface area contributed by atoms with Crippen molar-refractivity contribution in [3.05, 3.63) is 60.2 Å². The molecule has 2 heterocycles. The number of aromatic amines is 1. The van der Waals surface area contributed by atoms with E-state index in [4.69, 9.17) is 9.47 Å². The molecule has 1 aromatic heterocycles. The smallest absolute Gasteiger partial charge is 0.258 e. The molecule has 7 nitrogen and oxygen atoms in total. The molecule has 1 amide bonds. The van der Waals surface area contributed by atoms with Gasteiger partial charge in [-0.1, -0.05) is 12.1 Å². The van der Waals surface area contributed by atoms with Crippen molar-refractivity contribution in [2.75, 3.05) is 31.7 Å². The lowest BCUT2D eigenvalue weighted by Crippen LogP contribution is -2.49. The third kappa shape index (κ3) is 5.36. The molecule has 4 rings (SSSR count). The summed E-state index contributed by atoms with van der Waals surface area (Å²) < 4.78 is 10.8. The highest BCUT2D eigenvalue weighted by atomic mass is 16.5. The predicted octanol–water partition coefficient (Wildman–Crippen LogP) is 3.56. The van der Waals surface area contributed by atoms with Crippen molar-refractivity contribution in [3.63, 3.8) is 0 Å². The van der Waals surface area contributed by atoms with Gasteiger partial charge in [0.05, 0.1) is 12.8 Å². The maximum atomic E-state index is 12.4. The zero-order valence-corrected chi connectivity index (χ0v) is 17.9. The second-order valence-corrected chi connectivity index (χ2v) is 7.83. The van der Waals surface area contributed by atoms with Crippen LogP contribution in [0.1, 0.15) is 18.4 Å². The summed E-state index contributed by atoms with van der Waals surface area (Å²) in [5.74, 6) is 2.32. The average molecular weight is 421 g/mol. The van der Waals surface area contributed by atoms with Gasteiger partial charge in [0.2, 0.25) is 0 Å². The van der Waals surface area contributed by atoms with Crippen LogP contribution in [0.5, 0.6) is 11.5 Å². The van der Waals surface area contributed by atoms with Crippen molar-refractivity contribution >= 4 is 11.7 Å². The first-order chi connectivity index (χ1) is 15.1. The number of anilines is 1. The van der Waals surface area contributed by atoms with Crippen LogP contribution in [0, 0.1) is 6.92 Å². The minimum absolute atomic E-state index is 0.0178. The molecule has 0 radical (unpaired) electrons. The molecule has 1 unspecified atom stereocenters. The Kier molecular flexibility index (Phi) is 6.40. The molecule has 0 spiro atoms. The highest BCUT2D eigenvalue weighted by molar-refractivity contribution is 5.78. The molecule has 1 atom stereocenters. The van der Waals surface area contributed by atoms with E-state index in [-0.39, 0.29) is 18.6 Å². The Balaban J connectivity index is 1.32. The van der Waals surface area contributed by atoms with E-state index in [0.717, 1.165) is 54.3 Å². The highest BCUT2D eigenvalue weighted by Gasteiger charge is 2.23. The summed E-state index contributed by atoms with van der Waals surface area (Å²) in [5, 5.41) is 10.7. The van der Waals surface area contributed by atoms with Crippen molar-refractivity contribution in [2.24, 2.45) is 0 Å². The van der Waals surface area contributed by atoms with Gasteiger partial charge in [-0.3, -0.25) is 9.89 Å². The number of hydrogen-bond donors (Lipinski definition) is 2. The molecular weight excluding hydrogens is 392 g/mol. The Morgan fingerprint density at radius 3 is 2.81 bits per heavy atom. The maximum Gasteiger partial charge on any atom is 0.258 e. The van der Waals surface area contributed by atoms with E-state index in [1.807, 2.05) is 61.5 Å². The number of rotatable bonds is 7. The van der Waals surface area contributed by atoms with Crippen LogP contribution in [-0.4, -0.2) is 49.0 Å². The number of piperidine rings is 1. The predicted molar refractivity (Wildman–Crippen MR) is 121 cm³/mol. The monoisotopic (exact) mass is 420 g/mol. The molecule has 31 heavy (non-hydrogen) atoms. The number of aryl methyl sites for hydroxylation is 1. The Bertz CT molecular complexity index is 1020. The van der Waals surface area contributed by atoms with Crippen molar-refractivity contribution < 1.29 is 14.3 Å². The van der Waals surface area contributed by atoms with Gasteiger partial charge < -0.3 is 19.7 Å². The van der Waals surface area contributed by atoms with Gasteiger partial charge in [0.1, 0.15) is 11.5 Å². The number of ether oxygens (including phenoxy) is 2. The first kappa shape index (κ1) is 20.8. The van der Waals surface area contributed by atoms with Crippen molar-refractivity contribution in [1.82, 2.24) is 15.5 Å². The normalized spacial score (nSPS) is 16.1.